The summed E-state index contributed by atoms with van der Waals surface area (Å²) in [6, 6.07) is 16.1. The zero-order chi connectivity index (χ0) is 20.1. The first kappa shape index (κ1) is 19.2. The van der Waals surface area contributed by atoms with Crippen molar-refractivity contribution < 1.29 is 19.4 Å². The summed E-state index contributed by atoms with van der Waals surface area (Å²) in [5.74, 6) is 0.521. The second kappa shape index (κ2) is 8.43. The molecule has 0 spiro atoms. The Balaban J connectivity index is 1.82. The van der Waals surface area contributed by atoms with Gasteiger partial charge in [0.15, 0.2) is 11.5 Å². The maximum absolute atomic E-state index is 12.4. The highest BCUT2D eigenvalue weighted by Gasteiger charge is 2.13. The SMILES string of the molecule is COc1cccc(C=NNC(=O)c2cc3ccccc3cc2O)c1OC(C)C. The van der Waals surface area contributed by atoms with Gasteiger partial charge in [0.1, 0.15) is 5.75 Å². The van der Waals surface area contributed by atoms with Gasteiger partial charge in [-0.15, -0.1) is 0 Å². The van der Waals surface area contributed by atoms with Crippen LogP contribution in [0.2, 0.25) is 0 Å². The highest BCUT2D eigenvalue weighted by Crippen LogP contribution is 2.31. The maximum Gasteiger partial charge on any atom is 0.275 e. The number of phenols is 1. The van der Waals surface area contributed by atoms with Crippen LogP contribution in [-0.2, 0) is 0 Å². The van der Waals surface area contributed by atoms with Gasteiger partial charge in [-0.25, -0.2) is 5.43 Å². The number of fused-ring (bicyclic) bond motifs is 1. The van der Waals surface area contributed by atoms with Crippen molar-refractivity contribution in [1.82, 2.24) is 5.43 Å². The molecule has 0 saturated carbocycles. The Morgan fingerprint density at radius 1 is 1.11 bits per heavy atom. The van der Waals surface area contributed by atoms with E-state index < -0.39 is 5.91 Å². The van der Waals surface area contributed by atoms with E-state index in [9.17, 15) is 9.90 Å². The summed E-state index contributed by atoms with van der Waals surface area (Å²) in [6.07, 6.45) is 1.43. The van der Waals surface area contributed by atoms with Crippen molar-refractivity contribution in [3.05, 3.63) is 65.7 Å². The molecule has 0 aliphatic heterocycles. The highest BCUT2D eigenvalue weighted by molar-refractivity contribution is 6.01. The monoisotopic (exact) mass is 378 g/mol. The van der Waals surface area contributed by atoms with E-state index >= 15 is 0 Å². The van der Waals surface area contributed by atoms with Crippen molar-refractivity contribution in [3.63, 3.8) is 0 Å². The number of rotatable bonds is 6. The van der Waals surface area contributed by atoms with Gasteiger partial charge in [0.2, 0.25) is 0 Å². The number of ether oxygens (including phenoxy) is 2. The molecular weight excluding hydrogens is 356 g/mol. The predicted octanol–water partition coefficient (Wildman–Crippen LogP) is 4.11. The van der Waals surface area contributed by atoms with E-state index in [2.05, 4.69) is 10.5 Å². The molecule has 6 nitrogen and oxygen atoms in total. The number of aromatic hydroxyl groups is 1. The van der Waals surface area contributed by atoms with Gasteiger partial charge in [0.25, 0.3) is 5.91 Å². The number of phenolic OH excluding ortho intramolecular Hbond substituents is 1. The summed E-state index contributed by atoms with van der Waals surface area (Å²) in [6.45, 7) is 3.83. The summed E-state index contributed by atoms with van der Waals surface area (Å²) in [7, 11) is 1.56. The lowest BCUT2D eigenvalue weighted by molar-refractivity contribution is 0.0952. The van der Waals surface area contributed by atoms with Crippen molar-refractivity contribution >= 4 is 22.9 Å². The van der Waals surface area contributed by atoms with Crippen LogP contribution in [-0.4, -0.2) is 30.4 Å². The lowest BCUT2D eigenvalue weighted by Crippen LogP contribution is -2.18. The Hall–Kier alpha value is -3.54. The van der Waals surface area contributed by atoms with Gasteiger partial charge < -0.3 is 14.6 Å². The molecule has 3 rings (SSSR count). The molecule has 0 aliphatic rings. The van der Waals surface area contributed by atoms with E-state index in [1.165, 1.54) is 6.21 Å². The molecular formula is C22H22N2O4. The second-order valence-electron chi connectivity index (χ2n) is 6.46. The summed E-state index contributed by atoms with van der Waals surface area (Å²) >= 11 is 0. The van der Waals surface area contributed by atoms with Crippen LogP contribution in [0.3, 0.4) is 0 Å². The molecule has 0 unspecified atom stereocenters. The first-order valence-electron chi connectivity index (χ1n) is 8.88. The van der Waals surface area contributed by atoms with Gasteiger partial charge >= 0.3 is 0 Å². The van der Waals surface area contributed by atoms with Crippen LogP contribution in [0, 0.1) is 0 Å². The molecule has 0 heterocycles. The van der Waals surface area contributed by atoms with Crippen molar-refractivity contribution in [2.45, 2.75) is 20.0 Å². The molecule has 0 bridgehead atoms. The number of hydrazone groups is 1. The summed E-state index contributed by atoms with van der Waals surface area (Å²) in [4.78, 5) is 12.4. The molecule has 3 aromatic carbocycles. The predicted molar refractivity (Wildman–Crippen MR) is 109 cm³/mol. The largest absolute Gasteiger partial charge is 0.507 e. The van der Waals surface area contributed by atoms with Crippen LogP contribution in [0.5, 0.6) is 17.2 Å². The number of nitrogens with zero attached hydrogens (tertiary/aromatic N) is 1. The summed E-state index contributed by atoms with van der Waals surface area (Å²) in [5.41, 5.74) is 3.26. The maximum atomic E-state index is 12.4. The fourth-order valence-electron chi connectivity index (χ4n) is 2.79. The Morgan fingerprint density at radius 2 is 1.82 bits per heavy atom. The quantitative estimate of drug-likeness (QED) is 0.500. The fourth-order valence-corrected chi connectivity index (χ4v) is 2.79. The third-order valence-corrected chi connectivity index (χ3v) is 4.06. The normalized spacial score (nSPS) is 11.1. The number of carbonyl (C=O) groups excluding carboxylic acids is 1. The van der Waals surface area contributed by atoms with Gasteiger partial charge in [0.05, 0.1) is 25.0 Å². The van der Waals surface area contributed by atoms with Crippen molar-refractivity contribution in [2.24, 2.45) is 5.10 Å². The standard InChI is InChI=1S/C22H22N2O4/c1-14(2)28-21-17(9-6-10-20(21)27-3)13-23-24-22(26)18-11-15-7-4-5-8-16(15)12-19(18)25/h4-14,25H,1-3H3,(H,24,26). The number of benzene rings is 3. The molecule has 0 atom stereocenters. The van der Waals surface area contributed by atoms with Crippen molar-refractivity contribution in [1.29, 1.82) is 0 Å². The fraction of sp³-hybridized carbons (Fsp3) is 0.182. The number of hydrogen-bond donors (Lipinski definition) is 2. The lowest BCUT2D eigenvalue weighted by atomic mass is 10.1. The zero-order valence-corrected chi connectivity index (χ0v) is 16.0. The molecule has 0 aliphatic carbocycles. The molecule has 0 aromatic heterocycles. The minimum atomic E-state index is -0.506. The van der Waals surface area contributed by atoms with E-state index in [4.69, 9.17) is 9.47 Å². The van der Waals surface area contributed by atoms with E-state index in [1.54, 1.807) is 25.3 Å². The third kappa shape index (κ3) is 4.23. The number of nitrogens with one attached hydrogen (secondary N) is 1. The Kier molecular flexibility index (Phi) is 5.79. The first-order valence-corrected chi connectivity index (χ1v) is 8.88. The molecule has 144 valence electrons. The molecule has 6 heteroatoms. The summed E-state index contributed by atoms with van der Waals surface area (Å²) in [5, 5.41) is 15.9. The average Bonchev–Trinajstić information content (AvgIpc) is 2.68. The van der Waals surface area contributed by atoms with Crippen LogP contribution in [0.15, 0.2) is 59.7 Å². The molecule has 0 fully saturated rings. The van der Waals surface area contributed by atoms with Gasteiger partial charge in [-0.2, -0.15) is 5.10 Å². The molecule has 3 aromatic rings. The number of carbonyl (C=O) groups is 1. The Bertz CT molecular complexity index is 1030. The molecule has 1 amide bonds. The summed E-state index contributed by atoms with van der Waals surface area (Å²) < 4.78 is 11.1. The number of amides is 1. The van der Waals surface area contributed by atoms with Gasteiger partial charge in [-0.05, 0) is 48.9 Å². The average molecular weight is 378 g/mol. The molecule has 2 N–H and O–H groups in total. The van der Waals surface area contributed by atoms with Crippen molar-refractivity contribution in [3.8, 4) is 17.2 Å². The Labute approximate surface area is 163 Å². The van der Waals surface area contributed by atoms with Crippen LogP contribution >= 0.6 is 0 Å². The smallest absolute Gasteiger partial charge is 0.275 e. The first-order chi connectivity index (χ1) is 13.5. The van der Waals surface area contributed by atoms with Gasteiger partial charge in [0, 0.05) is 5.56 Å². The van der Waals surface area contributed by atoms with E-state index in [-0.39, 0.29) is 17.4 Å². The number of para-hydroxylation sites is 1. The number of hydrogen-bond acceptors (Lipinski definition) is 5. The minimum absolute atomic E-state index is 0.0485. The van der Waals surface area contributed by atoms with Crippen LogP contribution in [0.25, 0.3) is 10.8 Å². The second-order valence-corrected chi connectivity index (χ2v) is 6.46. The van der Waals surface area contributed by atoms with Crippen LogP contribution in [0.4, 0.5) is 0 Å². The number of methoxy groups -OCH3 is 1. The van der Waals surface area contributed by atoms with Gasteiger partial charge in [-0.1, -0.05) is 30.3 Å². The van der Waals surface area contributed by atoms with Crippen LogP contribution < -0.4 is 14.9 Å². The van der Waals surface area contributed by atoms with Gasteiger partial charge in [-0.3, -0.25) is 4.79 Å². The zero-order valence-electron chi connectivity index (χ0n) is 16.0. The van der Waals surface area contributed by atoms with E-state index in [1.807, 2.05) is 50.2 Å². The van der Waals surface area contributed by atoms with Crippen molar-refractivity contribution in [2.75, 3.05) is 7.11 Å². The van der Waals surface area contributed by atoms with E-state index in [0.29, 0.717) is 17.1 Å². The molecule has 0 radical (unpaired) electrons. The highest BCUT2D eigenvalue weighted by atomic mass is 16.5. The molecule has 0 saturated heterocycles. The minimum Gasteiger partial charge on any atom is -0.507 e. The Morgan fingerprint density at radius 3 is 2.50 bits per heavy atom. The van der Waals surface area contributed by atoms with E-state index in [0.717, 1.165) is 10.8 Å². The molecule has 28 heavy (non-hydrogen) atoms. The van der Waals surface area contributed by atoms with Crippen LogP contribution in [0.1, 0.15) is 29.8 Å². The topological polar surface area (TPSA) is 80.2 Å². The third-order valence-electron chi connectivity index (χ3n) is 4.06. The lowest BCUT2D eigenvalue weighted by Gasteiger charge is -2.15.